The number of ether oxygens (including phenoxy) is 1. The summed E-state index contributed by atoms with van der Waals surface area (Å²) in [5, 5.41) is 15.5. The molecule has 2 aliphatic heterocycles. The average Bonchev–Trinajstić information content (AvgIpc) is 2.93. The van der Waals surface area contributed by atoms with Gasteiger partial charge in [-0.2, -0.15) is 0 Å². The van der Waals surface area contributed by atoms with Gasteiger partial charge in [0, 0.05) is 36.7 Å². The number of hydrogen-bond acceptors (Lipinski definition) is 8. The molecule has 2 N–H and O–H groups in total. The van der Waals surface area contributed by atoms with Gasteiger partial charge in [-0.25, -0.2) is 4.79 Å². The van der Waals surface area contributed by atoms with E-state index >= 15 is 0 Å². The number of rotatable bonds is 10. The Labute approximate surface area is 223 Å². The van der Waals surface area contributed by atoms with E-state index in [1.165, 1.54) is 23.8 Å². The summed E-state index contributed by atoms with van der Waals surface area (Å²) in [6, 6.07) is 16.1. The number of benzene rings is 2. The number of carbonyl (C=O) groups excluding carboxylic acids is 3. The summed E-state index contributed by atoms with van der Waals surface area (Å²) in [7, 11) is 1.36. The van der Waals surface area contributed by atoms with E-state index in [9.17, 15) is 24.3 Å². The number of carboxylic acid groups (broad SMARTS) is 1. The van der Waals surface area contributed by atoms with Gasteiger partial charge in [-0.1, -0.05) is 59.8 Å². The fraction of sp³-hybridized carbons (Fsp3) is 0.296. The second kappa shape index (κ2) is 12.0. The molecule has 198 valence electrons. The molecule has 1 fully saturated rings. The number of nitrogens with zero attached hydrogens (tertiary/aromatic N) is 2. The maximum atomic E-state index is 12.8. The fourth-order valence-electron chi connectivity index (χ4n) is 4.24. The molecule has 2 amide bonds. The van der Waals surface area contributed by atoms with Crippen LogP contribution in [-0.4, -0.2) is 70.4 Å². The Balaban J connectivity index is 1.31. The van der Waals surface area contributed by atoms with Crippen molar-refractivity contribution in [1.29, 1.82) is 0 Å². The number of amides is 2. The molecule has 0 aliphatic carbocycles. The summed E-state index contributed by atoms with van der Waals surface area (Å²) in [4.78, 5) is 55.6. The van der Waals surface area contributed by atoms with Crippen molar-refractivity contribution in [2.45, 2.75) is 31.2 Å². The third kappa shape index (κ3) is 5.88. The number of ketones is 1. The van der Waals surface area contributed by atoms with Gasteiger partial charge in [0.25, 0.3) is 5.91 Å². The smallest absolute Gasteiger partial charge is 0.352 e. The molecular weight excluding hydrogens is 510 g/mol. The van der Waals surface area contributed by atoms with Gasteiger partial charge < -0.3 is 20.0 Å². The van der Waals surface area contributed by atoms with E-state index in [1.54, 1.807) is 19.1 Å². The molecule has 0 unspecified atom stereocenters. The number of oxime groups is 1. The zero-order chi connectivity index (χ0) is 27.2. The van der Waals surface area contributed by atoms with E-state index in [2.05, 4.69) is 15.3 Å². The number of thioether (sulfide) groups is 1. The van der Waals surface area contributed by atoms with Gasteiger partial charge in [-0.15, -0.1) is 11.8 Å². The van der Waals surface area contributed by atoms with Crippen LogP contribution >= 0.6 is 11.8 Å². The topological polar surface area (TPSA) is 135 Å². The number of carbonyl (C=O) groups is 4. The average molecular weight is 538 g/mol. The molecule has 0 radical (unpaired) electrons. The van der Waals surface area contributed by atoms with Crippen LogP contribution in [0.3, 0.4) is 0 Å². The van der Waals surface area contributed by atoms with Crippen molar-refractivity contribution < 1.29 is 33.9 Å². The van der Waals surface area contributed by atoms with Crippen LogP contribution in [0, 0.1) is 0 Å². The minimum absolute atomic E-state index is 0.0108. The number of aliphatic carboxylic acids is 1. The summed E-state index contributed by atoms with van der Waals surface area (Å²) in [6.45, 7) is 1.50. The lowest BCUT2D eigenvalue weighted by Gasteiger charge is -2.49. The molecule has 0 spiro atoms. The molecule has 1 saturated heterocycles. The van der Waals surface area contributed by atoms with Crippen LogP contribution in [0.5, 0.6) is 0 Å². The highest BCUT2D eigenvalue weighted by molar-refractivity contribution is 8.00. The minimum Gasteiger partial charge on any atom is -0.477 e. The number of β-lactam (4-membered cyclic amide) rings is 1. The van der Waals surface area contributed by atoms with E-state index < -0.39 is 29.2 Å². The Kier molecular flexibility index (Phi) is 8.47. The molecule has 4 rings (SSSR count). The first-order valence-electron chi connectivity index (χ1n) is 11.9. The SMILES string of the molecule is CON=C(C)OCC1=C(C(=O)O)N2C(=O)[C@@H](NC(=O)CCC(=O)c3ccc(-c4ccccc4)cc3)[C@H]2SC1. The van der Waals surface area contributed by atoms with Crippen molar-refractivity contribution >= 4 is 41.2 Å². The first-order chi connectivity index (χ1) is 18.3. The summed E-state index contributed by atoms with van der Waals surface area (Å²) in [5.41, 5.74) is 2.81. The Morgan fingerprint density at radius 3 is 2.42 bits per heavy atom. The second-order valence-electron chi connectivity index (χ2n) is 8.66. The van der Waals surface area contributed by atoms with Crippen LogP contribution in [0.25, 0.3) is 11.1 Å². The highest BCUT2D eigenvalue weighted by Gasteiger charge is 2.54. The van der Waals surface area contributed by atoms with Crippen molar-refractivity contribution in [3.05, 3.63) is 71.4 Å². The predicted molar refractivity (Wildman–Crippen MR) is 141 cm³/mol. The summed E-state index contributed by atoms with van der Waals surface area (Å²) in [6.07, 6.45) is -0.0949. The lowest BCUT2D eigenvalue weighted by atomic mass is 10.0. The van der Waals surface area contributed by atoms with E-state index in [1.807, 2.05) is 42.5 Å². The van der Waals surface area contributed by atoms with Gasteiger partial charge in [-0.05, 0) is 11.1 Å². The number of hydrogen-bond donors (Lipinski definition) is 2. The molecular formula is C27H27N3O7S. The standard InChI is InChI=1S/C27H27N3O7S/c1-16(29-36-2)37-14-20-15-38-26-23(25(33)30(26)24(20)27(34)35)28-22(32)13-12-21(31)19-10-8-18(9-11-19)17-6-4-3-5-7-17/h3-11,23,26H,12-15H2,1-2H3,(H,28,32)(H,34,35)/t23-,26-/m1/s1. The number of fused-ring (bicyclic) bond motifs is 1. The molecule has 2 heterocycles. The van der Waals surface area contributed by atoms with Crippen molar-refractivity contribution in [3.8, 4) is 11.1 Å². The molecule has 2 aliphatic rings. The number of Topliss-reactive ketones (excluding diaryl/α,β-unsaturated/α-hetero) is 1. The molecule has 0 bridgehead atoms. The lowest BCUT2D eigenvalue weighted by Crippen LogP contribution is -2.70. The molecule has 10 nitrogen and oxygen atoms in total. The minimum atomic E-state index is -1.25. The largest absolute Gasteiger partial charge is 0.477 e. The van der Waals surface area contributed by atoms with Gasteiger partial charge in [0.1, 0.15) is 30.8 Å². The van der Waals surface area contributed by atoms with Crippen molar-refractivity contribution in [2.75, 3.05) is 19.5 Å². The van der Waals surface area contributed by atoms with Crippen LogP contribution in [0.2, 0.25) is 0 Å². The fourth-order valence-corrected chi connectivity index (χ4v) is 5.56. The molecule has 2 aromatic carbocycles. The van der Waals surface area contributed by atoms with Gasteiger partial charge in [0.15, 0.2) is 5.78 Å². The normalized spacial score (nSPS) is 18.8. The molecule has 2 aromatic rings. The van der Waals surface area contributed by atoms with Crippen molar-refractivity contribution in [2.24, 2.45) is 5.16 Å². The van der Waals surface area contributed by atoms with E-state index in [0.29, 0.717) is 16.9 Å². The molecule has 0 saturated carbocycles. The Morgan fingerprint density at radius 2 is 1.76 bits per heavy atom. The van der Waals surface area contributed by atoms with Gasteiger partial charge in [-0.3, -0.25) is 19.3 Å². The summed E-state index contributed by atoms with van der Waals surface area (Å²) < 4.78 is 5.41. The third-order valence-electron chi connectivity index (χ3n) is 6.13. The Bertz CT molecular complexity index is 1290. The van der Waals surface area contributed by atoms with Crippen LogP contribution < -0.4 is 5.32 Å². The lowest BCUT2D eigenvalue weighted by molar-refractivity contribution is -0.150. The summed E-state index contributed by atoms with van der Waals surface area (Å²) >= 11 is 1.33. The van der Waals surface area contributed by atoms with Crippen LogP contribution in [0.1, 0.15) is 30.1 Å². The van der Waals surface area contributed by atoms with Crippen LogP contribution in [-0.2, 0) is 24.0 Å². The molecule has 11 heteroatoms. The third-order valence-corrected chi connectivity index (χ3v) is 7.47. The van der Waals surface area contributed by atoms with E-state index in [4.69, 9.17) is 4.74 Å². The Morgan fingerprint density at radius 1 is 1.08 bits per heavy atom. The first-order valence-corrected chi connectivity index (χ1v) is 12.9. The van der Waals surface area contributed by atoms with Gasteiger partial charge in [0.2, 0.25) is 11.8 Å². The predicted octanol–water partition coefficient (Wildman–Crippen LogP) is 3.05. The highest BCUT2D eigenvalue weighted by atomic mass is 32.2. The maximum Gasteiger partial charge on any atom is 0.352 e. The van der Waals surface area contributed by atoms with E-state index in [-0.39, 0.29) is 36.8 Å². The number of nitrogens with one attached hydrogen (secondary N) is 1. The van der Waals surface area contributed by atoms with Crippen LogP contribution in [0.15, 0.2) is 71.0 Å². The monoisotopic (exact) mass is 537 g/mol. The van der Waals surface area contributed by atoms with Crippen molar-refractivity contribution in [3.63, 3.8) is 0 Å². The molecule has 38 heavy (non-hydrogen) atoms. The highest BCUT2D eigenvalue weighted by Crippen LogP contribution is 2.40. The zero-order valence-electron chi connectivity index (χ0n) is 20.9. The van der Waals surface area contributed by atoms with E-state index in [0.717, 1.165) is 11.1 Å². The first kappa shape index (κ1) is 26.9. The second-order valence-corrected chi connectivity index (χ2v) is 9.77. The Hall–Kier alpha value is -4.12. The van der Waals surface area contributed by atoms with Crippen LogP contribution in [0.4, 0.5) is 0 Å². The zero-order valence-corrected chi connectivity index (χ0v) is 21.7. The number of carboxylic acids is 1. The van der Waals surface area contributed by atoms with Gasteiger partial charge >= 0.3 is 5.97 Å². The van der Waals surface area contributed by atoms with Gasteiger partial charge in [0.05, 0.1) is 0 Å². The summed E-state index contributed by atoms with van der Waals surface area (Å²) in [5.74, 6) is -1.87. The molecule has 0 aromatic heterocycles. The quantitative estimate of drug-likeness (QED) is 0.155. The molecule has 2 atom stereocenters. The van der Waals surface area contributed by atoms with Crippen molar-refractivity contribution in [1.82, 2.24) is 10.2 Å². The maximum absolute atomic E-state index is 12.8.